The predicted octanol–water partition coefficient (Wildman–Crippen LogP) is 5.12. The zero-order valence-electron chi connectivity index (χ0n) is 22.0. The van der Waals surface area contributed by atoms with Crippen LogP contribution in [-0.4, -0.2) is 40.1 Å². The number of aromatic nitrogens is 4. The highest BCUT2D eigenvalue weighted by Gasteiger charge is 2.16. The molecule has 1 atom stereocenters. The van der Waals surface area contributed by atoms with E-state index in [2.05, 4.69) is 31.6 Å². The second kappa shape index (κ2) is 11.7. The zero-order valence-corrected chi connectivity index (χ0v) is 22.8. The van der Waals surface area contributed by atoms with E-state index < -0.39 is 16.3 Å². The summed E-state index contributed by atoms with van der Waals surface area (Å²) in [5.41, 5.74) is 4.05. The van der Waals surface area contributed by atoms with E-state index in [-0.39, 0.29) is 12.4 Å². The quantitative estimate of drug-likeness (QED) is 0.180. The molecule has 1 unspecified atom stereocenters. The number of hydrogen-bond donors (Lipinski definition) is 2. The number of hydrogen-bond acceptors (Lipinski definition) is 8. The van der Waals surface area contributed by atoms with Gasteiger partial charge < -0.3 is 9.73 Å². The monoisotopic (exact) mass is 578 g/mol. The Labute approximate surface area is 241 Å². The standard InChI is InChI=1S/C31H23FN6O3S/c1-2-12-33-27(18-42(39)40)30-11-10-29(41-30)21-6-8-26-25(15-21)31(35-19-34-26)37-24-7-9-28-22(14-24)16-36-38(28)17-20-4-3-5-23(32)13-20/h1,3-11,13-16,18-19,27,33H,12,17H2,(H,34,35,37). The first-order valence-electron chi connectivity index (χ1n) is 12.9. The van der Waals surface area contributed by atoms with Gasteiger partial charge in [-0.1, -0.05) is 18.1 Å². The van der Waals surface area contributed by atoms with Crippen molar-refractivity contribution in [1.82, 2.24) is 25.1 Å². The van der Waals surface area contributed by atoms with E-state index in [4.69, 9.17) is 10.8 Å². The topological polar surface area (TPSA) is 115 Å². The molecule has 0 saturated carbocycles. The lowest BCUT2D eigenvalue weighted by atomic mass is 10.1. The average molecular weight is 579 g/mol. The van der Waals surface area contributed by atoms with Gasteiger partial charge in [0.15, 0.2) is 0 Å². The van der Waals surface area contributed by atoms with Crippen LogP contribution in [0.25, 0.3) is 33.1 Å². The Hall–Kier alpha value is -5.31. The van der Waals surface area contributed by atoms with Gasteiger partial charge >= 0.3 is 0 Å². The van der Waals surface area contributed by atoms with Crippen molar-refractivity contribution in [2.24, 2.45) is 0 Å². The maximum absolute atomic E-state index is 13.6. The normalized spacial score (nSPS) is 11.8. The molecule has 0 bridgehead atoms. The molecule has 0 fully saturated rings. The molecule has 42 heavy (non-hydrogen) atoms. The Morgan fingerprint density at radius 2 is 1.98 bits per heavy atom. The molecule has 0 radical (unpaired) electrons. The molecule has 6 rings (SSSR count). The third-order valence-corrected chi connectivity index (χ3v) is 7.14. The molecule has 208 valence electrons. The lowest BCUT2D eigenvalue weighted by Gasteiger charge is -2.10. The molecule has 0 aliphatic rings. The van der Waals surface area contributed by atoms with Crippen molar-refractivity contribution in [1.29, 1.82) is 0 Å². The molecule has 0 aliphatic carbocycles. The highest BCUT2D eigenvalue weighted by molar-refractivity contribution is 7.71. The maximum Gasteiger partial charge on any atom is 0.212 e. The van der Waals surface area contributed by atoms with Gasteiger partial charge in [-0.3, -0.25) is 10.00 Å². The largest absolute Gasteiger partial charge is 0.459 e. The Kier molecular flexibility index (Phi) is 7.47. The van der Waals surface area contributed by atoms with Crippen LogP contribution in [0, 0.1) is 18.2 Å². The Morgan fingerprint density at radius 1 is 1.07 bits per heavy atom. The minimum Gasteiger partial charge on any atom is -0.459 e. The van der Waals surface area contributed by atoms with Gasteiger partial charge in [0.1, 0.15) is 29.5 Å². The lowest BCUT2D eigenvalue weighted by Crippen LogP contribution is -2.22. The molecule has 0 aliphatic heterocycles. The van der Waals surface area contributed by atoms with Crippen molar-refractivity contribution in [3.8, 4) is 23.7 Å². The average Bonchev–Trinajstić information content (AvgIpc) is 3.63. The Bertz CT molecular complexity index is 2100. The zero-order chi connectivity index (χ0) is 29.1. The number of rotatable bonds is 9. The summed E-state index contributed by atoms with van der Waals surface area (Å²) in [5, 5.41) is 13.6. The van der Waals surface area contributed by atoms with Gasteiger partial charge in [-0.15, -0.1) is 6.42 Å². The lowest BCUT2D eigenvalue weighted by molar-refractivity contribution is 0.489. The fourth-order valence-corrected chi connectivity index (χ4v) is 5.17. The molecule has 3 aromatic heterocycles. The first kappa shape index (κ1) is 26.9. The molecule has 0 saturated heterocycles. The van der Waals surface area contributed by atoms with Crippen LogP contribution in [0.5, 0.6) is 0 Å². The van der Waals surface area contributed by atoms with Gasteiger partial charge in [0.25, 0.3) is 0 Å². The highest BCUT2D eigenvalue weighted by Crippen LogP contribution is 2.31. The fourth-order valence-electron chi connectivity index (χ4n) is 4.72. The molecule has 2 N–H and O–H groups in total. The third-order valence-electron chi connectivity index (χ3n) is 6.65. The number of nitrogens with one attached hydrogen (secondary N) is 2. The van der Waals surface area contributed by atoms with E-state index in [9.17, 15) is 12.8 Å². The van der Waals surface area contributed by atoms with E-state index in [0.717, 1.165) is 44.0 Å². The van der Waals surface area contributed by atoms with E-state index in [0.29, 0.717) is 23.9 Å². The second-order valence-corrected chi connectivity index (χ2v) is 10.2. The van der Waals surface area contributed by atoms with Crippen LogP contribution >= 0.6 is 0 Å². The van der Waals surface area contributed by atoms with E-state index in [1.165, 1.54) is 18.5 Å². The van der Waals surface area contributed by atoms with Crippen LogP contribution in [0.2, 0.25) is 0 Å². The minimum atomic E-state index is -2.40. The molecule has 3 aromatic carbocycles. The molecule has 0 amide bonds. The summed E-state index contributed by atoms with van der Waals surface area (Å²) in [6.45, 7) is 0.631. The molecule has 3 heterocycles. The third kappa shape index (κ3) is 5.76. The first-order chi connectivity index (χ1) is 20.5. The number of anilines is 2. The molecular formula is C31H23FN6O3S. The summed E-state index contributed by atoms with van der Waals surface area (Å²) in [4.78, 5) is 8.87. The molecule has 0 spiro atoms. The van der Waals surface area contributed by atoms with Gasteiger partial charge in [0.2, 0.25) is 10.3 Å². The van der Waals surface area contributed by atoms with Crippen LogP contribution in [0.3, 0.4) is 0 Å². The number of terminal acetylenes is 1. The summed E-state index contributed by atoms with van der Waals surface area (Å²) < 4.78 is 44.1. The number of nitrogens with zero attached hydrogens (tertiary/aromatic N) is 4. The highest BCUT2D eigenvalue weighted by atomic mass is 32.2. The molecule has 11 heteroatoms. The van der Waals surface area contributed by atoms with Crippen LogP contribution in [0.4, 0.5) is 15.9 Å². The maximum atomic E-state index is 13.6. The van der Waals surface area contributed by atoms with Crippen molar-refractivity contribution in [3.05, 3.63) is 102 Å². The van der Waals surface area contributed by atoms with Gasteiger partial charge in [-0.2, -0.15) is 13.5 Å². The van der Waals surface area contributed by atoms with Crippen LogP contribution < -0.4 is 10.6 Å². The van der Waals surface area contributed by atoms with Gasteiger partial charge in [0.05, 0.1) is 41.7 Å². The fraction of sp³-hybridized carbons (Fsp3) is 0.0968. The first-order valence-corrected chi connectivity index (χ1v) is 14.0. The summed E-state index contributed by atoms with van der Waals surface area (Å²) in [5.74, 6) is 3.72. The van der Waals surface area contributed by atoms with Crippen LogP contribution in [0.15, 0.2) is 89.7 Å². The Morgan fingerprint density at radius 3 is 2.81 bits per heavy atom. The molecular weight excluding hydrogens is 555 g/mol. The van der Waals surface area contributed by atoms with Gasteiger partial charge in [-0.25, -0.2) is 14.4 Å². The van der Waals surface area contributed by atoms with Gasteiger partial charge in [0, 0.05) is 22.0 Å². The number of benzene rings is 3. The number of halogens is 1. The summed E-state index contributed by atoms with van der Waals surface area (Å²) in [7, 11) is -2.40. The van der Waals surface area contributed by atoms with Gasteiger partial charge in [-0.05, 0) is 66.2 Å². The van der Waals surface area contributed by atoms with E-state index in [1.807, 2.05) is 47.1 Å². The molecule has 6 aromatic rings. The van der Waals surface area contributed by atoms with Crippen LogP contribution in [0.1, 0.15) is 17.4 Å². The van der Waals surface area contributed by atoms with E-state index >= 15 is 0 Å². The summed E-state index contributed by atoms with van der Waals surface area (Å²) in [6, 6.07) is 20.8. The number of furan rings is 1. The number of fused-ring (bicyclic) bond motifs is 2. The van der Waals surface area contributed by atoms with Crippen molar-refractivity contribution >= 4 is 49.0 Å². The predicted molar refractivity (Wildman–Crippen MR) is 160 cm³/mol. The van der Waals surface area contributed by atoms with Crippen molar-refractivity contribution in [2.45, 2.75) is 12.6 Å². The SMILES string of the molecule is C#CCNC(C=S(=O)=O)c1ccc(-c2ccc3ncnc(Nc4ccc5c(cnn5Cc5cccc(F)c5)c4)c3c2)o1. The van der Waals surface area contributed by atoms with E-state index in [1.54, 1.807) is 24.4 Å². The van der Waals surface area contributed by atoms with Crippen LogP contribution in [-0.2, 0) is 16.8 Å². The Balaban J connectivity index is 1.28. The molecule has 9 nitrogen and oxygen atoms in total. The second-order valence-electron chi connectivity index (χ2n) is 9.45. The summed E-state index contributed by atoms with van der Waals surface area (Å²) in [6.07, 6.45) is 8.59. The smallest absolute Gasteiger partial charge is 0.212 e. The summed E-state index contributed by atoms with van der Waals surface area (Å²) >= 11 is 0. The van der Waals surface area contributed by atoms with Crippen molar-refractivity contribution in [2.75, 3.05) is 11.9 Å². The minimum absolute atomic E-state index is 0.177. The van der Waals surface area contributed by atoms with Crippen molar-refractivity contribution in [3.63, 3.8) is 0 Å². The van der Waals surface area contributed by atoms with Crippen molar-refractivity contribution < 1.29 is 17.2 Å².